The van der Waals surface area contributed by atoms with Crippen LogP contribution in [0.1, 0.15) is 26.2 Å². The summed E-state index contributed by atoms with van der Waals surface area (Å²) >= 11 is 0. The maximum Gasteiger partial charge on any atom is 0.409 e. The number of amides is 1. The number of ether oxygens (including phenoxy) is 1. The van der Waals surface area contributed by atoms with Crippen molar-refractivity contribution in [2.24, 2.45) is 5.92 Å². The Morgan fingerprint density at radius 2 is 2.40 bits per heavy atom. The second-order valence-corrected chi connectivity index (χ2v) is 4.48. The fourth-order valence-electron chi connectivity index (χ4n) is 2.39. The lowest BCUT2D eigenvalue weighted by Gasteiger charge is -2.16. The average Bonchev–Trinajstić information content (AvgIpc) is 2.76. The van der Waals surface area contributed by atoms with Crippen LogP contribution in [0.2, 0.25) is 0 Å². The van der Waals surface area contributed by atoms with Gasteiger partial charge in [-0.25, -0.2) is 4.79 Å². The third-order valence-electron chi connectivity index (χ3n) is 3.34. The number of unbranched alkanes of at least 4 members (excludes halogenated alkanes) is 1. The molecule has 2 heterocycles. The summed E-state index contributed by atoms with van der Waals surface area (Å²) in [5.74, 6) is 0.656. The highest BCUT2D eigenvalue weighted by Crippen LogP contribution is 2.24. The van der Waals surface area contributed by atoms with E-state index in [-0.39, 0.29) is 6.09 Å². The van der Waals surface area contributed by atoms with Gasteiger partial charge in [-0.2, -0.15) is 0 Å². The summed E-state index contributed by atoms with van der Waals surface area (Å²) in [7, 11) is 0. The maximum absolute atomic E-state index is 11.6. The quantitative estimate of drug-likeness (QED) is 0.715. The van der Waals surface area contributed by atoms with Crippen molar-refractivity contribution in [1.29, 1.82) is 0 Å². The molecule has 2 saturated heterocycles. The van der Waals surface area contributed by atoms with Gasteiger partial charge in [-0.05, 0) is 25.3 Å². The van der Waals surface area contributed by atoms with E-state index in [9.17, 15) is 4.79 Å². The molecule has 4 nitrogen and oxygen atoms in total. The first-order valence-electron chi connectivity index (χ1n) is 5.96. The molecule has 2 atom stereocenters. The van der Waals surface area contributed by atoms with E-state index < -0.39 is 0 Å². The van der Waals surface area contributed by atoms with E-state index in [1.807, 2.05) is 4.90 Å². The number of hydrogen-bond acceptors (Lipinski definition) is 3. The number of hydrogen-bond donors (Lipinski definition) is 1. The molecule has 0 aromatic rings. The first kappa shape index (κ1) is 10.7. The normalized spacial score (nSPS) is 29.3. The summed E-state index contributed by atoms with van der Waals surface area (Å²) in [4.78, 5) is 13.5. The molecule has 86 valence electrons. The van der Waals surface area contributed by atoms with Crippen LogP contribution in [-0.2, 0) is 4.74 Å². The highest BCUT2D eigenvalue weighted by Gasteiger charge is 2.38. The molecule has 0 aromatic carbocycles. The standard InChI is InChI=1S/C11H20N2O2/c1-2-3-6-15-11(14)13-7-9-4-5-12-10(9)8-13/h9-10,12H,2-8H2,1H3/t9-,10+/m0/s1. The Balaban J connectivity index is 1.73. The largest absolute Gasteiger partial charge is 0.449 e. The molecule has 1 N–H and O–H groups in total. The summed E-state index contributed by atoms with van der Waals surface area (Å²) < 4.78 is 5.19. The molecule has 2 aliphatic rings. The van der Waals surface area contributed by atoms with Crippen molar-refractivity contribution in [1.82, 2.24) is 10.2 Å². The zero-order chi connectivity index (χ0) is 10.7. The van der Waals surface area contributed by atoms with Crippen molar-refractivity contribution >= 4 is 6.09 Å². The van der Waals surface area contributed by atoms with Crippen LogP contribution < -0.4 is 5.32 Å². The molecular formula is C11H20N2O2. The molecular weight excluding hydrogens is 192 g/mol. The van der Waals surface area contributed by atoms with Gasteiger partial charge in [0.25, 0.3) is 0 Å². The number of carbonyl (C=O) groups is 1. The number of nitrogens with one attached hydrogen (secondary N) is 1. The predicted molar refractivity (Wildman–Crippen MR) is 57.7 cm³/mol. The minimum absolute atomic E-state index is 0.125. The van der Waals surface area contributed by atoms with E-state index in [2.05, 4.69) is 12.2 Å². The zero-order valence-corrected chi connectivity index (χ0v) is 9.37. The second-order valence-electron chi connectivity index (χ2n) is 4.48. The van der Waals surface area contributed by atoms with Gasteiger partial charge in [-0.1, -0.05) is 13.3 Å². The zero-order valence-electron chi connectivity index (χ0n) is 9.37. The number of likely N-dealkylation sites (tertiary alicyclic amines) is 1. The SMILES string of the molecule is CCCCOC(=O)N1C[C@@H]2CCN[C@@H]2C1. The minimum Gasteiger partial charge on any atom is -0.449 e. The predicted octanol–water partition coefficient (Wildman–Crippen LogP) is 1.22. The van der Waals surface area contributed by atoms with Crippen molar-refractivity contribution in [3.05, 3.63) is 0 Å². The van der Waals surface area contributed by atoms with Crippen molar-refractivity contribution in [3.63, 3.8) is 0 Å². The van der Waals surface area contributed by atoms with E-state index in [0.29, 0.717) is 18.6 Å². The monoisotopic (exact) mass is 212 g/mol. The van der Waals surface area contributed by atoms with Crippen LogP contribution in [0.15, 0.2) is 0 Å². The second kappa shape index (κ2) is 4.84. The maximum atomic E-state index is 11.6. The van der Waals surface area contributed by atoms with E-state index >= 15 is 0 Å². The summed E-state index contributed by atoms with van der Waals surface area (Å²) in [5.41, 5.74) is 0. The Morgan fingerprint density at radius 1 is 1.53 bits per heavy atom. The van der Waals surface area contributed by atoms with Gasteiger partial charge in [0.1, 0.15) is 0 Å². The molecule has 2 fully saturated rings. The Bertz CT molecular complexity index is 221. The van der Waals surface area contributed by atoms with Gasteiger partial charge in [0.15, 0.2) is 0 Å². The first-order valence-corrected chi connectivity index (χ1v) is 5.96. The topological polar surface area (TPSA) is 41.6 Å². The third-order valence-corrected chi connectivity index (χ3v) is 3.34. The van der Waals surface area contributed by atoms with E-state index in [1.54, 1.807) is 0 Å². The molecule has 0 radical (unpaired) electrons. The lowest BCUT2D eigenvalue weighted by Crippen LogP contribution is -2.34. The summed E-state index contributed by atoms with van der Waals surface area (Å²) in [5, 5.41) is 3.42. The number of nitrogens with zero attached hydrogens (tertiary/aromatic N) is 1. The molecule has 2 aliphatic heterocycles. The number of rotatable bonds is 3. The Hall–Kier alpha value is -0.770. The first-order chi connectivity index (χ1) is 7.31. The van der Waals surface area contributed by atoms with Crippen LogP contribution in [-0.4, -0.2) is 43.3 Å². The van der Waals surface area contributed by atoms with Gasteiger partial charge < -0.3 is 15.0 Å². The van der Waals surface area contributed by atoms with E-state index in [1.165, 1.54) is 6.42 Å². The van der Waals surface area contributed by atoms with Crippen LogP contribution in [0.4, 0.5) is 4.79 Å². The van der Waals surface area contributed by atoms with Crippen LogP contribution >= 0.6 is 0 Å². The van der Waals surface area contributed by atoms with Crippen molar-refractivity contribution in [3.8, 4) is 0 Å². The molecule has 0 spiro atoms. The molecule has 15 heavy (non-hydrogen) atoms. The van der Waals surface area contributed by atoms with Gasteiger partial charge in [-0.15, -0.1) is 0 Å². The van der Waals surface area contributed by atoms with Crippen molar-refractivity contribution < 1.29 is 9.53 Å². The highest BCUT2D eigenvalue weighted by atomic mass is 16.6. The molecule has 0 aliphatic carbocycles. The minimum atomic E-state index is -0.125. The Morgan fingerprint density at radius 3 is 3.13 bits per heavy atom. The molecule has 2 rings (SSSR count). The van der Waals surface area contributed by atoms with Gasteiger partial charge in [0.05, 0.1) is 6.61 Å². The van der Waals surface area contributed by atoms with Crippen LogP contribution in [0, 0.1) is 5.92 Å². The lowest BCUT2D eigenvalue weighted by molar-refractivity contribution is 0.107. The average molecular weight is 212 g/mol. The Kier molecular flexibility index (Phi) is 3.46. The molecule has 0 aromatic heterocycles. The van der Waals surface area contributed by atoms with Crippen LogP contribution in [0.3, 0.4) is 0 Å². The molecule has 4 heteroatoms. The molecule has 0 unspecified atom stereocenters. The van der Waals surface area contributed by atoms with Crippen LogP contribution in [0.5, 0.6) is 0 Å². The fraction of sp³-hybridized carbons (Fsp3) is 0.909. The summed E-state index contributed by atoms with van der Waals surface area (Å²) in [6, 6.07) is 0.517. The third kappa shape index (κ3) is 2.43. The van der Waals surface area contributed by atoms with Gasteiger partial charge in [-0.3, -0.25) is 0 Å². The summed E-state index contributed by atoms with van der Waals surface area (Å²) in [6.07, 6.45) is 3.11. The van der Waals surface area contributed by atoms with Gasteiger partial charge in [0.2, 0.25) is 0 Å². The van der Waals surface area contributed by atoms with Gasteiger partial charge in [0, 0.05) is 19.1 Å². The van der Waals surface area contributed by atoms with Crippen LogP contribution in [0.25, 0.3) is 0 Å². The van der Waals surface area contributed by atoms with E-state index in [4.69, 9.17) is 4.74 Å². The molecule has 0 saturated carbocycles. The smallest absolute Gasteiger partial charge is 0.409 e. The van der Waals surface area contributed by atoms with Crippen molar-refractivity contribution in [2.45, 2.75) is 32.2 Å². The van der Waals surface area contributed by atoms with Gasteiger partial charge >= 0.3 is 6.09 Å². The lowest BCUT2D eigenvalue weighted by atomic mass is 10.1. The Labute approximate surface area is 91.0 Å². The molecule has 0 bridgehead atoms. The fourth-order valence-corrected chi connectivity index (χ4v) is 2.39. The highest BCUT2D eigenvalue weighted by molar-refractivity contribution is 5.68. The summed E-state index contributed by atoms with van der Waals surface area (Å²) in [6.45, 7) is 5.47. The molecule has 1 amide bonds. The van der Waals surface area contributed by atoms with E-state index in [0.717, 1.165) is 32.5 Å². The number of fused-ring (bicyclic) bond motifs is 1. The van der Waals surface area contributed by atoms with Crippen molar-refractivity contribution in [2.75, 3.05) is 26.2 Å². The number of carbonyl (C=O) groups excluding carboxylic acids is 1.